The lowest BCUT2D eigenvalue weighted by Crippen LogP contribution is -2.11. The molecule has 0 nitrogen and oxygen atoms in total. The maximum atomic E-state index is 5.78. The Morgan fingerprint density at radius 1 is 1.00 bits per heavy atom. The Balaban J connectivity index is 3.29. The summed E-state index contributed by atoms with van der Waals surface area (Å²) < 4.78 is 0. The lowest BCUT2D eigenvalue weighted by Gasteiger charge is -2.09. The summed E-state index contributed by atoms with van der Waals surface area (Å²) in [5.41, 5.74) is 0. The Morgan fingerprint density at radius 2 is 1.25 bits per heavy atom. The molecule has 0 aromatic rings. The van der Waals surface area contributed by atoms with Crippen molar-refractivity contribution in [3.8, 4) is 0 Å². The topological polar surface area (TPSA) is 0 Å². The van der Waals surface area contributed by atoms with Crippen molar-refractivity contribution in [3.05, 3.63) is 0 Å². The predicted molar refractivity (Wildman–Crippen MR) is 39.9 cm³/mol. The maximum Gasteiger partial charge on any atom is 0.0497 e. The highest BCUT2D eigenvalue weighted by atomic mass is 35.5. The van der Waals surface area contributed by atoms with Crippen LogP contribution < -0.4 is 0 Å². The first-order chi connectivity index (χ1) is 3.72. The molecule has 8 heavy (non-hydrogen) atoms. The molecule has 0 saturated carbocycles. The third-order valence-electron chi connectivity index (χ3n) is 1.17. The molecule has 0 aliphatic carbocycles. The summed E-state index contributed by atoms with van der Waals surface area (Å²) in [5, 5.41) is 0.309. The van der Waals surface area contributed by atoms with Crippen LogP contribution in [-0.2, 0) is 0 Å². The van der Waals surface area contributed by atoms with Gasteiger partial charge in [-0.1, -0.05) is 13.8 Å². The van der Waals surface area contributed by atoms with E-state index in [2.05, 4.69) is 0 Å². The summed E-state index contributed by atoms with van der Waals surface area (Å²) >= 11 is 11.6. The molecule has 0 aromatic carbocycles. The minimum Gasteiger partial charge on any atom is -0.121 e. The van der Waals surface area contributed by atoms with E-state index in [1.165, 1.54) is 0 Å². The standard InChI is InChI=1S/C6H12Cl2/c1-3-5(7)6(8)4-2/h5-6H,3-4H2,1-2H3/t5-,6+. The van der Waals surface area contributed by atoms with Gasteiger partial charge in [0.1, 0.15) is 0 Å². The number of rotatable bonds is 3. The molecule has 0 unspecified atom stereocenters. The van der Waals surface area contributed by atoms with Crippen LogP contribution in [0.2, 0.25) is 0 Å². The SMILES string of the molecule is CC[C@@H](Cl)[C@@H](Cl)CC. The van der Waals surface area contributed by atoms with Crippen molar-refractivity contribution in [2.75, 3.05) is 0 Å². The van der Waals surface area contributed by atoms with E-state index in [9.17, 15) is 0 Å². The third kappa shape index (κ3) is 2.78. The van der Waals surface area contributed by atoms with Gasteiger partial charge in [-0.25, -0.2) is 0 Å². The Bertz CT molecular complexity index is 46.5. The van der Waals surface area contributed by atoms with Crippen molar-refractivity contribution in [2.45, 2.75) is 37.4 Å². The highest BCUT2D eigenvalue weighted by Gasteiger charge is 2.10. The molecule has 2 heteroatoms. The van der Waals surface area contributed by atoms with Crippen LogP contribution in [0.3, 0.4) is 0 Å². The smallest absolute Gasteiger partial charge is 0.0497 e. The zero-order chi connectivity index (χ0) is 6.57. The normalized spacial score (nSPS) is 18.0. The van der Waals surface area contributed by atoms with Crippen molar-refractivity contribution in [1.82, 2.24) is 0 Å². The number of hydrogen-bond acceptors (Lipinski definition) is 0. The van der Waals surface area contributed by atoms with Gasteiger partial charge >= 0.3 is 0 Å². The van der Waals surface area contributed by atoms with E-state index in [1.807, 2.05) is 13.8 Å². The van der Waals surface area contributed by atoms with Crippen molar-refractivity contribution >= 4 is 23.2 Å². The Morgan fingerprint density at radius 3 is 1.38 bits per heavy atom. The first-order valence-electron chi connectivity index (χ1n) is 3.00. The van der Waals surface area contributed by atoms with Crippen LogP contribution in [0.25, 0.3) is 0 Å². The van der Waals surface area contributed by atoms with Gasteiger partial charge in [-0.05, 0) is 12.8 Å². The minimum atomic E-state index is 0.154. The molecule has 0 aliphatic heterocycles. The monoisotopic (exact) mass is 154 g/mol. The van der Waals surface area contributed by atoms with Gasteiger partial charge in [0.25, 0.3) is 0 Å². The molecular weight excluding hydrogens is 143 g/mol. The van der Waals surface area contributed by atoms with Gasteiger partial charge in [0.2, 0.25) is 0 Å². The number of alkyl halides is 2. The second-order valence-corrected chi connectivity index (χ2v) is 2.97. The quantitative estimate of drug-likeness (QED) is 0.549. The van der Waals surface area contributed by atoms with Crippen LogP contribution in [0, 0.1) is 0 Å². The Labute approximate surface area is 61.2 Å². The molecule has 0 N–H and O–H groups in total. The molecule has 0 rings (SSSR count). The summed E-state index contributed by atoms with van der Waals surface area (Å²) in [6, 6.07) is 0. The molecule has 0 saturated heterocycles. The molecule has 0 fully saturated rings. The van der Waals surface area contributed by atoms with Gasteiger partial charge in [-0.3, -0.25) is 0 Å². The van der Waals surface area contributed by atoms with Crippen LogP contribution in [0.4, 0.5) is 0 Å². The van der Waals surface area contributed by atoms with Gasteiger partial charge in [-0.2, -0.15) is 0 Å². The number of halogens is 2. The van der Waals surface area contributed by atoms with Crippen LogP contribution in [0.5, 0.6) is 0 Å². The van der Waals surface area contributed by atoms with Crippen LogP contribution >= 0.6 is 23.2 Å². The molecule has 0 spiro atoms. The molecular formula is C6H12Cl2. The Hall–Kier alpha value is 0.580. The van der Waals surface area contributed by atoms with Gasteiger partial charge in [0, 0.05) is 10.8 Å². The fraction of sp³-hybridized carbons (Fsp3) is 1.00. The van der Waals surface area contributed by atoms with Gasteiger partial charge in [-0.15, -0.1) is 23.2 Å². The average Bonchev–Trinajstić information content (AvgIpc) is 1.84. The maximum absolute atomic E-state index is 5.78. The van der Waals surface area contributed by atoms with Crippen molar-refractivity contribution in [2.24, 2.45) is 0 Å². The van der Waals surface area contributed by atoms with E-state index < -0.39 is 0 Å². The van der Waals surface area contributed by atoms with E-state index in [0.717, 1.165) is 12.8 Å². The highest BCUT2D eigenvalue weighted by Crippen LogP contribution is 2.15. The second kappa shape index (κ2) is 4.46. The van der Waals surface area contributed by atoms with Crippen molar-refractivity contribution < 1.29 is 0 Å². The first kappa shape index (κ1) is 8.58. The summed E-state index contributed by atoms with van der Waals surface area (Å²) in [5.74, 6) is 0. The van der Waals surface area contributed by atoms with Gasteiger partial charge in [0.15, 0.2) is 0 Å². The molecule has 0 radical (unpaired) electrons. The summed E-state index contributed by atoms with van der Waals surface area (Å²) in [6.45, 7) is 4.09. The molecule has 0 amide bonds. The second-order valence-electron chi connectivity index (χ2n) is 1.85. The molecule has 0 bridgehead atoms. The lowest BCUT2D eigenvalue weighted by molar-refractivity contribution is 0.720. The van der Waals surface area contributed by atoms with Crippen LogP contribution in [0.1, 0.15) is 26.7 Å². The summed E-state index contributed by atoms with van der Waals surface area (Å²) in [6.07, 6.45) is 1.92. The zero-order valence-corrected chi connectivity index (χ0v) is 6.84. The zero-order valence-electron chi connectivity index (χ0n) is 5.32. The lowest BCUT2D eigenvalue weighted by atomic mass is 10.2. The third-order valence-corrected chi connectivity index (χ3v) is 2.53. The summed E-state index contributed by atoms with van der Waals surface area (Å²) in [7, 11) is 0. The van der Waals surface area contributed by atoms with Crippen LogP contribution in [-0.4, -0.2) is 10.8 Å². The molecule has 0 aliphatic rings. The fourth-order valence-corrected chi connectivity index (χ4v) is 0.868. The van der Waals surface area contributed by atoms with E-state index in [1.54, 1.807) is 0 Å². The summed E-state index contributed by atoms with van der Waals surface area (Å²) in [4.78, 5) is 0. The minimum absolute atomic E-state index is 0.154. The van der Waals surface area contributed by atoms with E-state index in [-0.39, 0.29) is 10.8 Å². The van der Waals surface area contributed by atoms with Gasteiger partial charge < -0.3 is 0 Å². The Kier molecular flexibility index (Phi) is 4.78. The largest absolute Gasteiger partial charge is 0.121 e. The van der Waals surface area contributed by atoms with Crippen LogP contribution in [0.15, 0.2) is 0 Å². The fourth-order valence-electron chi connectivity index (χ4n) is 0.512. The predicted octanol–water partition coefficient (Wildman–Crippen LogP) is 3.02. The molecule has 2 atom stereocenters. The molecule has 0 heterocycles. The highest BCUT2D eigenvalue weighted by molar-refractivity contribution is 6.29. The van der Waals surface area contributed by atoms with Crippen molar-refractivity contribution in [3.63, 3.8) is 0 Å². The molecule has 50 valence electrons. The number of hydrogen-bond donors (Lipinski definition) is 0. The van der Waals surface area contributed by atoms with Crippen molar-refractivity contribution in [1.29, 1.82) is 0 Å². The molecule has 0 aromatic heterocycles. The van der Waals surface area contributed by atoms with Gasteiger partial charge in [0.05, 0.1) is 0 Å². The van der Waals surface area contributed by atoms with E-state index in [0.29, 0.717) is 0 Å². The average molecular weight is 155 g/mol. The van der Waals surface area contributed by atoms with E-state index >= 15 is 0 Å². The van der Waals surface area contributed by atoms with E-state index in [4.69, 9.17) is 23.2 Å². The first-order valence-corrected chi connectivity index (χ1v) is 3.87.